The van der Waals surface area contributed by atoms with E-state index >= 15 is 0 Å². The van der Waals surface area contributed by atoms with Crippen LogP contribution in [0.4, 0.5) is 23.7 Å². The van der Waals surface area contributed by atoms with Crippen molar-refractivity contribution in [1.82, 2.24) is 10.1 Å². The Morgan fingerprint density at radius 3 is 2.42 bits per heavy atom. The molecule has 2 bridgehead atoms. The summed E-state index contributed by atoms with van der Waals surface area (Å²) >= 11 is 0. The van der Waals surface area contributed by atoms with E-state index in [4.69, 9.17) is 14.0 Å². The van der Waals surface area contributed by atoms with Crippen molar-refractivity contribution >= 4 is 17.7 Å². The highest BCUT2D eigenvalue weighted by Crippen LogP contribution is 2.46. The van der Waals surface area contributed by atoms with E-state index in [0.29, 0.717) is 35.4 Å². The minimum Gasteiger partial charge on any atom is -0.462 e. The first kappa shape index (κ1) is 29.0. The van der Waals surface area contributed by atoms with Gasteiger partial charge in [0.2, 0.25) is 0 Å². The molecule has 9 nitrogen and oxygen atoms in total. The third-order valence-corrected chi connectivity index (χ3v) is 8.19. The lowest BCUT2D eigenvalue weighted by atomic mass is 9.99. The summed E-state index contributed by atoms with van der Waals surface area (Å²) in [4.78, 5) is 27.6. The molecule has 2 aromatic carbocycles. The zero-order chi connectivity index (χ0) is 30.1. The van der Waals surface area contributed by atoms with E-state index in [0.717, 1.165) is 25.7 Å². The normalized spacial score (nSPS) is 21.5. The van der Waals surface area contributed by atoms with Gasteiger partial charge in [0.05, 0.1) is 30.6 Å². The molecular formula is C31H32F3N3O6. The molecule has 1 saturated carbocycles. The molecule has 1 N–H and O–H groups in total. The Hall–Kier alpha value is -4.06. The van der Waals surface area contributed by atoms with Crippen LogP contribution in [0.3, 0.4) is 0 Å². The van der Waals surface area contributed by atoms with Crippen LogP contribution < -0.4 is 10.1 Å². The molecule has 1 aromatic heterocycles. The number of urea groups is 1. The molecule has 6 rings (SSSR count). The molecule has 2 saturated heterocycles. The minimum atomic E-state index is -4.85. The fourth-order valence-electron chi connectivity index (χ4n) is 6.17. The summed E-state index contributed by atoms with van der Waals surface area (Å²) in [5, 5.41) is 7.05. The van der Waals surface area contributed by atoms with Crippen molar-refractivity contribution in [3.63, 3.8) is 0 Å². The number of carbonyl (C=O) groups is 2. The number of esters is 1. The summed E-state index contributed by atoms with van der Waals surface area (Å²) in [5.74, 6) is -0.0554. The minimum absolute atomic E-state index is 0.0516. The number of para-hydroxylation sites is 2. The van der Waals surface area contributed by atoms with Crippen LogP contribution in [0.15, 0.2) is 53.1 Å². The van der Waals surface area contributed by atoms with Crippen LogP contribution >= 0.6 is 0 Å². The van der Waals surface area contributed by atoms with Crippen LogP contribution in [0, 0.1) is 0 Å². The number of benzene rings is 2. The van der Waals surface area contributed by atoms with Crippen molar-refractivity contribution in [3.05, 3.63) is 65.4 Å². The van der Waals surface area contributed by atoms with Crippen molar-refractivity contribution in [2.75, 3.05) is 11.9 Å². The number of anilines is 1. The SMILES string of the molecule is CCOC(=O)c1ccccc1NC(=O)N1C2CCC1CC(OCc1c(-c3ccccc3OC(F)(F)F)noc1C1CC1)C2. The van der Waals surface area contributed by atoms with E-state index in [-0.39, 0.29) is 60.4 Å². The van der Waals surface area contributed by atoms with Gasteiger partial charge in [0.1, 0.15) is 17.2 Å². The lowest BCUT2D eigenvalue weighted by Gasteiger charge is -2.38. The van der Waals surface area contributed by atoms with Crippen LogP contribution in [-0.2, 0) is 16.1 Å². The Kier molecular flexibility index (Phi) is 8.04. The number of hydrogen-bond donors (Lipinski definition) is 1. The predicted octanol–water partition coefficient (Wildman–Crippen LogP) is 7.04. The molecule has 3 aromatic rings. The molecule has 2 aliphatic heterocycles. The molecular weight excluding hydrogens is 567 g/mol. The molecule has 43 heavy (non-hydrogen) atoms. The smallest absolute Gasteiger partial charge is 0.462 e. The van der Waals surface area contributed by atoms with E-state index < -0.39 is 12.3 Å². The number of ether oxygens (including phenoxy) is 3. The summed E-state index contributed by atoms with van der Waals surface area (Å²) in [6.45, 7) is 2.07. The molecule has 1 aliphatic carbocycles. The topological polar surface area (TPSA) is 103 Å². The molecule has 2 unspecified atom stereocenters. The second kappa shape index (κ2) is 11.9. The van der Waals surface area contributed by atoms with Gasteiger partial charge in [-0.2, -0.15) is 0 Å². The van der Waals surface area contributed by atoms with Gasteiger partial charge in [-0.1, -0.05) is 29.4 Å². The number of aromatic nitrogens is 1. The number of nitrogens with one attached hydrogen (secondary N) is 1. The molecule has 12 heteroatoms. The number of alkyl halides is 3. The molecule has 3 heterocycles. The third-order valence-electron chi connectivity index (χ3n) is 8.19. The fourth-order valence-corrected chi connectivity index (χ4v) is 6.17. The maximum absolute atomic E-state index is 13.4. The molecule has 2 atom stereocenters. The van der Waals surface area contributed by atoms with Crippen LogP contribution in [0.2, 0.25) is 0 Å². The molecule has 228 valence electrons. The van der Waals surface area contributed by atoms with E-state index in [1.165, 1.54) is 18.2 Å². The van der Waals surface area contributed by atoms with E-state index in [1.807, 2.05) is 4.90 Å². The zero-order valence-electron chi connectivity index (χ0n) is 23.6. The lowest BCUT2D eigenvalue weighted by molar-refractivity contribution is -0.274. The van der Waals surface area contributed by atoms with Crippen LogP contribution in [0.1, 0.15) is 73.0 Å². The van der Waals surface area contributed by atoms with Gasteiger partial charge < -0.3 is 29.0 Å². The molecule has 0 spiro atoms. The Labute approximate surface area is 246 Å². The fraction of sp³-hybridized carbons (Fsp3) is 0.452. The second-order valence-electron chi connectivity index (χ2n) is 11.1. The average molecular weight is 600 g/mol. The number of amides is 2. The highest BCUT2D eigenvalue weighted by atomic mass is 19.4. The summed E-state index contributed by atoms with van der Waals surface area (Å²) < 4.78 is 60.7. The van der Waals surface area contributed by atoms with Crippen molar-refractivity contribution in [1.29, 1.82) is 0 Å². The number of rotatable bonds is 9. The van der Waals surface area contributed by atoms with Gasteiger partial charge >= 0.3 is 18.4 Å². The Morgan fingerprint density at radius 1 is 1.02 bits per heavy atom. The van der Waals surface area contributed by atoms with Crippen molar-refractivity contribution in [3.8, 4) is 17.0 Å². The Morgan fingerprint density at radius 2 is 1.72 bits per heavy atom. The van der Waals surface area contributed by atoms with Crippen LogP contribution in [-0.4, -0.2) is 53.2 Å². The molecule has 3 aliphatic rings. The average Bonchev–Trinajstić information content (AvgIpc) is 3.67. The standard InChI is InChI=1S/C31H32F3N3O6/c1-2-40-29(38)22-7-3-5-9-25(22)35-30(39)37-19-13-14-20(37)16-21(15-19)41-17-24-27(36-43-28(24)18-11-12-18)23-8-4-6-10-26(23)42-31(32,33)34/h3-10,18-21H,2,11-17H2,1H3,(H,35,39). The van der Waals surface area contributed by atoms with Gasteiger partial charge in [0.15, 0.2) is 0 Å². The quantitative estimate of drug-likeness (QED) is 0.263. The van der Waals surface area contributed by atoms with Gasteiger partial charge in [-0.15, -0.1) is 13.2 Å². The Balaban J connectivity index is 1.15. The van der Waals surface area contributed by atoms with Crippen molar-refractivity contribution in [2.45, 2.75) is 82.5 Å². The lowest BCUT2D eigenvalue weighted by Crippen LogP contribution is -2.50. The highest BCUT2D eigenvalue weighted by molar-refractivity contribution is 6.01. The molecule has 0 radical (unpaired) electrons. The summed E-state index contributed by atoms with van der Waals surface area (Å²) in [5.41, 5.74) is 1.78. The predicted molar refractivity (Wildman–Crippen MR) is 148 cm³/mol. The van der Waals surface area contributed by atoms with Gasteiger partial charge in [0.25, 0.3) is 0 Å². The first-order valence-corrected chi connectivity index (χ1v) is 14.5. The number of nitrogens with zero attached hydrogens (tertiary/aromatic N) is 2. The molecule has 3 fully saturated rings. The monoisotopic (exact) mass is 599 g/mol. The second-order valence-corrected chi connectivity index (χ2v) is 11.1. The first-order chi connectivity index (χ1) is 20.7. The number of hydrogen-bond acceptors (Lipinski definition) is 7. The molecule has 2 amide bonds. The summed E-state index contributed by atoms with van der Waals surface area (Å²) in [6, 6.07) is 12.2. The van der Waals surface area contributed by atoms with E-state index in [9.17, 15) is 22.8 Å². The summed E-state index contributed by atoms with van der Waals surface area (Å²) in [7, 11) is 0. The summed E-state index contributed by atoms with van der Waals surface area (Å²) in [6.07, 6.45) is -0.316. The van der Waals surface area contributed by atoms with Crippen LogP contribution in [0.5, 0.6) is 5.75 Å². The zero-order valence-corrected chi connectivity index (χ0v) is 23.6. The largest absolute Gasteiger partial charge is 0.573 e. The van der Waals surface area contributed by atoms with Gasteiger partial charge in [0, 0.05) is 29.1 Å². The number of halogens is 3. The van der Waals surface area contributed by atoms with E-state index in [2.05, 4.69) is 15.2 Å². The van der Waals surface area contributed by atoms with Gasteiger partial charge in [-0.05, 0) is 69.7 Å². The van der Waals surface area contributed by atoms with E-state index in [1.54, 1.807) is 37.3 Å². The Bertz CT molecular complexity index is 1470. The van der Waals surface area contributed by atoms with Gasteiger partial charge in [-0.3, -0.25) is 0 Å². The van der Waals surface area contributed by atoms with Gasteiger partial charge in [-0.25, -0.2) is 9.59 Å². The first-order valence-electron chi connectivity index (χ1n) is 14.5. The number of carbonyl (C=O) groups excluding carboxylic acids is 2. The van der Waals surface area contributed by atoms with Crippen molar-refractivity contribution < 1.29 is 41.5 Å². The van der Waals surface area contributed by atoms with Crippen molar-refractivity contribution in [2.24, 2.45) is 0 Å². The van der Waals surface area contributed by atoms with Crippen LogP contribution in [0.25, 0.3) is 11.3 Å². The highest BCUT2D eigenvalue weighted by Gasteiger charge is 2.44. The maximum Gasteiger partial charge on any atom is 0.573 e. The maximum atomic E-state index is 13.4. The number of piperidine rings is 1. The third kappa shape index (κ3) is 6.34. The number of fused-ring (bicyclic) bond motifs is 2.